The molecule has 4 rings (SSSR count). The van der Waals surface area contributed by atoms with Gasteiger partial charge in [-0.3, -0.25) is 0 Å². The minimum Gasteiger partial charge on any atom is -0.335 e. The highest BCUT2D eigenvalue weighted by atomic mass is 35.5. The standard InChI is InChI=1S/C18H13Cl2FN6/c1-2-9-6-13(24-8-23-9)25-18-16-15(12(21)7-22-18)26-17(27-16)14-10(19)4-3-5-11(14)20/h3-8H,2H2,1H3,(H,26,27)(H,22,23,24,25). The van der Waals surface area contributed by atoms with Crippen molar-refractivity contribution >= 4 is 45.9 Å². The van der Waals surface area contributed by atoms with Gasteiger partial charge in [-0.25, -0.2) is 24.3 Å². The molecule has 136 valence electrons. The zero-order chi connectivity index (χ0) is 19.0. The van der Waals surface area contributed by atoms with E-state index in [0.29, 0.717) is 38.6 Å². The van der Waals surface area contributed by atoms with Crippen LogP contribution in [0.4, 0.5) is 16.0 Å². The lowest BCUT2D eigenvalue weighted by atomic mass is 10.2. The van der Waals surface area contributed by atoms with Gasteiger partial charge in [0.25, 0.3) is 0 Å². The SMILES string of the molecule is CCc1cc(Nc2ncc(F)c3nc(-c4c(Cl)cccc4Cl)[nH]c23)ncn1. The highest BCUT2D eigenvalue weighted by molar-refractivity contribution is 6.39. The summed E-state index contributed by atoms with van der Waals surface area (Å²) in [7, 11) is 0. The highest BCUT2D eigenvalue weighted by Crippen LogP contribution is 2.35. The molecule has 0 aliphatic rings. The van der Waals surface area contributed by atoms with E-state index in [1.54, 1.807) is 24.3 Å². The fourth-order valence-corrected chi connectivity index (χ4v) is 3.26. The van der Waals surface area contributed by atoms with Gasteiger partial charge in [0.1, 0.15) is 29.0 Å². The van der Waals surface area contributed by atoms with Crippen molar-refractivity contribution in [3.05, 3.63) is 58.3 Å². The maximum atomic E-state index is 14.3. The van der Waals surface area contributed by atoms with Gasteiger partial charge < -0.3 is 10.3 Å². The van der Waals surface area contributed by atoms with Gasteiger partial charge in [-0.15, -0.1) is 0 Å². The molecule has 0 bridgehead atoms. The average Bonchev–Trinajstić information content (AvgIpc) is 3.10. The molecule has 0 amide bonds. The minimum absolute atomic E-state index is 0.128. The second-order valence-electron chi connectivity index (χ2n) is 5.73. The Kier molecular flexibility index (Phi) is 4.63. The number of hydrogen-bond donors (Lipinski definition) is 2. The molecule has 0 aliphatic carbocycles. The second-order valence-corrected chi connectivity index (χ2v) is 6.55. The van der Waals surface area contributed by atoms with Crippen molar-refractivity contribution in [2.45, 2.75) is 13.3 Å². The van der Waals surface area contributed by atoms with E-state index in [0.717, 1.165) is 18.3 Å². The van der Waals surface area contributed by atoms with Gasteiger partial charge in [0.05, 0.1) is 21.8 Å². The van der Waals surface area contributed by atoms with Gasteiger partial charge in [-0.05, 0) is 18.6 Å². The van der Waals surface area contributed by atoms with E-state index in [1.807, 2.05) is 6.92 Å². The largest absolute Gasteiger partial charge is 0.335 e. The lowest BCUT2D eigenvalue weighted by Gasteiger charge is -2.06. The zero-order valence-corrected chi connectivity index (χ0v) is 15.6. The molecule has 4 aromatic rings. The number of benzene rings is 1. The van der Waals surface area contributed by atoms with E-state index >= 15 is 0 Å². The number of aromatic amines is 1. The van der Waals surface area contributed by atoms with Crippen molar-refractivity contribution < 1.29 is 4.39 Å². The molecule has 0 unspecified atom stereocenters. The summed E-state index contributed by atoms with van der Waals surface area (Å²) < 4.78 is 14.3. The van der Waals surface area contributed by atoms with Crippen molar-refractivity contribution in [2.24, 2.45) is 0 Å². The molecule has 0 spiro atoms. The summed E-state index contributed by atoms with van der Waals surface area (Å²) in [5, 5.41) is 3.90. The summed E-state index contributed by atoms with van der Waals surface area (Å²) in [6, 6.07) is 6.92. The molecule has 0 aliphatic heterocycles. The summed E-state index contributed by atoms with van der Waals surface area (Å²) in [5.74, 6) is 0.730. The normalized spacial score (nSPS) is 11.1. The van der Waals surface area contributed by atoms with Crippen molar-refractivity contribution in [1.29, 1.82) is 0 Å². The van der Waals surface area contributed by atoms with Crippen LogP contribution >= 0.6 is 23.2 Å². The molecule has 6 nitrogen and oxygen atoms in total. The number of aryl methyl sites for hydroxylation is 1. The van der Waals surface area contributed by atoms with Crippen LogP contribution in [0.25, 0.3) is 22.4 Å². The van der Waals surface area contributed by atoms with E-state index in [2.05, 4.69) is 30.2 Å². The van der Waals surface area contributed by atoms with Gasteiger partial charge in [-0.2, -0.15) is 0 Å². The number of imidazole rings is 1. The van der Waals surface area contributed by atoms with Crippen LogP contribution < -0.4 is 5.32 Å². The number of H-pyrrole nitrogens is 1. The minimum atomic E-state index is -0.557. The zero-order valence-electron chi connectivity index (χ0n) is 14.1. The van der Waals surface area contributed by atoms with Crippen LogP contribution in [0.5, 0.6) is 0 Å². The number of halogens is 3. The summed E-state index contributed by atoms with van der Waals surface area (Å²) in [6.07, 6.45) is 3.33. The quantitative estimate of drug-likeness (QED) is 0.492. The van der Waals surface area contributed by atoms with Crippen LogP contribution in [0.15, 0.2) is 36.8 Å². The summed E-state index contributed by atoms with van der Waals surface area (Å²) in [4.78, 5) is 19.8. The van der Waals surface area contributed by atoms with E-state index in [1.165, 1.54) is 6.33 Å². The lowest BCUT2D eigenvalue weighted by molar-refractivity contribution is 0.632. The number of fused-ring (bicyclic) bond motifs is 1. The molecule has 9 heteroatoms. The van der Waals surface area contributed by atoms with Gasteiger partial charge in [0.15, 0.2) is 11.6 Å². The fourth-order valence-electron chi connectivity index (χ4n) is 2.68. The highest BCUT2D eigenvalue weighted by Gasteiger charge is 2.18. The van der Waals surface area contributed by atoms with Crippen molar-refractivity contribution in [3.63, 3.8) is 0 Å². The number of pyridine rings is 1. The Bertz CT molecular complexity index is 1120. The molecule has 1 aromatic carbocycles. The molecule has 0 saturated heterocycles. The topological polar surface area (TPSA) is 79.4 Å². The Balaban J connectivity index is 1.83. The average molecular weight is 403 g/mol. The number of nitrogens with zero attached hydrogens (tertiary/aromatic N) is 4. The number of nitrogens with one attached hydrogen (secondary N) is 2. The third kappa shape index (κ3) is 3.31. The van der Waals surface area contributed by atoms with Crippen LogP contribution in [0.1, 0.15) is 12.6 Å². The Morgan fingerprint density at radius 2 is 1.93 bits per heavy atom. The van der Waals surface area contributed by atoms with Crippen molar-refractivity contribution in [3.8, 4) is 11.4 Å². The number of anilines is 2. The molecule has 0 fully saturated rings. The summed E-state index contributed by atoms with van der Waals surface area (Å²) >= 11 is 12.5. The predicted octanol–water partition coefficient (Wildman–Crippen LogP) is 5.17. The molecule has 0 saturated carbocycles. The van der Waals surface area contributed by atoms with E-state index in [-0.39, 0.29) is 5.52 Å². The van der Waals surface area contributed by atoms with Gasteiger partial charge >= 0.3 is 0 Å². The smallest absolute Gasteiger partial charge is 0.169 e. The first-order chi connectivity index (χ1) is 13.1. The first kappa shape index (κ1) is 17.6. The molecule has 2 N–H and O–H groups in total. The van der Waals surface area contributed by atoms with Gasteiger partial charge in [0, 0.05) is 11.8 Å². The summed E-state index contributed by atoms with van der Waals surface area (Å²) in [5.41, 5.74) is 1.89. The molecule has 27 heavy (non-hydrogen) atoms. The van der Waals surface area contributed by atoms with Gasteiger partial charge in [-0.1, -0.05) is 36.2 Å². The number of hydrogen-bond acceptors (Lipinski definition) is 5. The Labute approximate surface area is 163 Å². The molecule has 0 atom stereocenters. The van der Waals surface area contributed by atoms with Crippen LogP contribution in [0.2, 0.25) is 10.0 Å². The van der Waals surface area contributed by atoms with Gasteiger partial charge in [0.2, 0.25) is 0 Å². The Morgan fingerprint density at radius 3 is 2.67 bits per heavy atom. The van der Waals surface area contributed by atoms with Crippen LogP contribution in [-0.2, 0) is 6.42 Å². The fraction of sp³-hybridized carbons (Fsp3) is 0.111. The maximum absolute atomic E-state index is 14.3. The molecule has 3 heterocycles. The number of aromatic nitrogens is 5. The first-order valence-corrected chi connectivity index (χ1v) is 8.89. The Morgan fingerprint density at radius 1 is 1.15 bits per heavy atom. The Hall–Kier alpha value is -2.77. The van der Waals surface area contributed by atoms with Crippen molar-refractivity contribution in [1.82, 2.24) is 24.9 Å². The third-order valence-electron chi connectivity index (χ3n) is 4.01. The molecular formula is C18H13Cl2FN6. The monoisotopic (exact) mass is 402 g/mol. The maximum Gasteiger partial charge on any atom is 0.169 e. The van der Waals surface area contributed by atoms with Crippen LogP contribution in [0.3, 0.4) is 0 Å². The van der Waals surface area contributed by atoms with E-state index < -0.39 is 5.82 Å². The summed E-state index contributed by atoms with van der Waals surface area (Å²) in [6.45, 7) is 2.00. The van der Waals surface area contributed by atoms with E-state index in [4.69, 9.17) is 23.2 Å². The van der Waals surface area contributed by atoms with Crippen LogP contribution in [-0.4, -0.2) is 24.9 Å². The third-order valence-corrected chi connectivity index (χ3v) is 4.64. The predicted molar refractivity (Wildman–Crippen MR) is 104 cm³/mol. The lowest BCUT2D eigenvalue weighted by Crippen LogP contribution is -2.00. The molecule has 0 radical (unpaired) electrons. The second kappa shape index (κ2) is 7.09. The van der Waals surface area contributed by atoms with Crippen molar-refractivity contribution in [2.75, 3.05) is 5.32 Å². The first-order valence-electron chi connectivity index (χ1n) is 8.13. The van der Waals surface area contributed by atoms with E-state index in [9.17, 15) is 4.39 Å². The number of rotatable bonds is 4. The molecular weight excluding hydrogens is 390 g/mol. The molecule has 3 aromatic heterocycles. The van der Waals surface area contributed by atoms with Crippen LogP contribution in [0, 0.1) is 5.82 Å².